The van der Waals surface area contributed by atoms with E-state index >= 15 is 0 Å². The molecule has 3 heteroatoms. The number of rotatable bonds is 0. The first kappa shape index (κ1) is 8.18. The standard InChI is InChI=1S/C9H17BN2/c10-12-7-3-9(4-8-12)1-5-11-6-2-9/h1,5,11H,2-4,6-8,10H2. The molecular formula is C9H17BN2. The molecule has 0 atom stereocenters. The molecule has 1 saturated heterocycles. The lowest BCUT2D eigenvalue weighted by molar-refractivity contribution is 0.190. The zero-order valence-electron chi connectivity index (χ0n) is 7.84. The summed E-state index contributed by atoms with van der Waals surface area (Å²) < 4.78 is 0. The molecule has 0 unspecified atom stereocenters. The van der Waals surface area contributed by atoms with Crippen LogP contribution in [-0.2, 0) is 0 Å². The van der Waals surface area contributed by atoms with Crippen LogP contribution in [0, 0.1) is 5.41 Å². The molecule has 1 fully saturated rings. The second-order valence-corrected chi connectivity index (χ2v) is 4.20. The second-order valence-electron chi connectivity index (χ2n) is 4.20. The molecule has 0 bridgehead atoms. The first-order valence-electron chi connectivity index (χ1n) is 4.90. The van der Waals surface area contributed by atoms with Gasteiger partial charge in [0.25, 0.3) is 0 Å². The third kappa shape index (κ3) is 1.51. The third-order valence-corrected chi connectivity index (χ3v) is 3.30. The average molecular weight is 164 g/mol. The predicted molar refractivity (Wildman–Crippen MR) is 53.5 cm³/mol. The van der Waals surface area contributed by atoms with Crippen molar-refractivity contribution in [1.29, 1.82) is 0 Å². The molecule has 0 aliphatic carbocycles. The van der Waals surface area contributed by atoms with Gasteiger partial charge in [-0.1, -0.05) is 6.08 Å². The van der Waals surface area contributed by atoms with Gasteiger partial charge in [0.05, 0.1) is 0 Å². The summed E-state index contributed by atoms with van der Waals surface area (Å²) in [6.45, 7) is 3.70. The number of hydrogen-bond acceptors (Lipinski definition) is 2. The molecule has 0 amide bonds. The lowest BCUT2D eigenvalue weighted by atomic mass is 9.74. The van der Waals surface area contributed by atoms with E-state index in [4.69, 9.17) is 0 Å². The molecule has 12 heavy (non-hydrogen) atoms. The van der Waals surface area contributed by atoms with Crippen LogP contribution in [0.4, 0.5) is 0 Å². The summed E-state index contributed by atoms with van der Waals surface area (Å²) in [7, 11) is 2.22. The molecule has 1 spiro atoms. The fourth-order valence-electron chi connectivity index (χ4n) is 2.20. The quantitative estimate of drug-likeness (QED) is 0.511. The van der Waals surface area contributed by atoms with Crippen molar-refractivity contribution in [2.75, 3.05) is 19.6 Å². The van der Waals surface area contributed by atoms with E-state index in [-0.39, 0.29) is 0 Å². The number of piperidine rings is 1. The minimum absolute atomic E-state index is 0.553. The summed E-state index contributed by atoms with van der Waals surface area (Å²) in [6.07, 6.45) is 8.57. The Hall–Kier alpha value is -0.435. The monoisotopic (exact) mass is 164 g/mol. The molecule has 2 nitrogen and oxygen atoms in total. The smallest absolute Gasteiger partial charge is 0.185 e. The van der Waals surface area contributed by atoms with Crippen molar-refractivity contribution in [2.45, 2.75) is 19.3 Å². The normalized spacial score (nSPS) is 28.7. The van der Waals surface area contributed by atoms with E-state index < -0.39 is 0 Å². The molecule has 0 aromatic heterocycles. The summed E-state index contributed by atoms with van der Waals surface area (Å²) in [5, 5.41) is 3.27. The first-order chi connectivity index (χ1) is 5.81. The van der Waals surface area contributed by atoms with Crippen LogP contribution in [0.25, 0.3) is 0 Å². The highest BCUT2D eigenvalue weighted by Crippen LogP contribution is 2.36. The highest BCUT2D eigenvalue weighted by atomic mass is 15.0. The van der Waals surface area contributed by atoms with Crippen molar-refractivity contribution in [3.8, 4) is 0 Å². The lowest BCUT2D eigenvalue weighted by Gasteiger charge is -2.40. The Balaban J connectivity index is 2.01. The molecule has 0 saturated carbocycles. The second kappa shape index (κ2) is 3.13. The third-order valence-electron chi connectivity index (χ3n) is 3.30. The molecule has 66 valence electrons. The number of nitrogens with one attached hydrogen (secondary N) is 1. The van der Waals surface area contributed by atoms with Crippen LogP contribution in [0.3, 0.4) is 0 Å². The van der Waals surface area contributed by atoms with E-state index in [0.29, 0.717) is 5.41 Å². The van der Waals surface area contributed by atoms with Crippen molar-refractivity contribution >= 4 is 7.98 Å². The number of allylic oxidation sites excluding steroid dienone is 1. The van der Waals surface area contributed by atoms with Crippen LogP contribution in [0.15, 0.2) is 12.3 Å². The molecule has 0 aromatic carbocycles. The van der Waals surface area contributed by atoms with Crippen molar-refractivity contribution < 1.29 is 0 Å². The van der Waals surface area contributed by atoms with Gasteiger partial charge in [0, 0.05) is 6.54 Å². The maximum absolute atomic E-state index is 3.27. The largest absolute Gasteiger partial charge is 0.391 e. The highest BCUT2D eigenvalue weighted by molar-refractivity contribution is 6.04. The van der Waals surface area contributed by atoms with Crippen molar-refractivity contribution in [3.05, 3.63) is 12.3 Å². The zero-order chi connectivity index (χ0) is 8.44. The van der Waals surface area contributed by atoms with E-state index in [2.05, 4.69) is 30.4 Å². The van der Waals surface area contributed by atoms with Crippen LogP contribution >= 0.6 is 0 Å². The Morgan fingerprint density at radius 3 is 2.58 bits per heavy atom. The van der Waals surface area contributed by atoms with Crippen LogP contribution in [0.5, 0.6) is 0 Å². The van der Waals surface area contributed by atoms with Crippen LogP contribution in [0.2, 0.25) is 0 Å². The van der Waals surface area contributed by atoms with Gasteiger partial charge in [0.1, 0.15) is 0 Å². The molecule has 2 aliphatic rings. The van der Waals surface area contributed by atoms with E-state index in [1.165, 1.54) is 38.9 Å². The minimum Gasteiger partial charge on any atom is -0.391 e. The van der Waals surface area contributed by atoms with Crippen LogP contribution in [0.1, 0.15) is 19.3 Å². The molecule has 2 heterocycles. The molecule has 0 radical (unpaired) electrons. The minimum atomic E-state index is 0.553. The summed E-state index contributed by atoms with van der Waals surface area (Å²) >= 11 is 0. The Bertz CT molecular complexity index is 183. The molecule has 2 aliphatic heterocycles. The van der Waals surface area contributed by atoms with Crippen molar-refractivity contribution in [1.82, 2.24) is 10.1 Å². The Kier molecular flexibility index (Phi) is 2.13. The molecule has 2 rings (SSSR count). The molecule has 1 N–H and O–H groups in total. The highest BCUT2D eigenvalue weighted by Gasteiger charge is 2.31. The van der Waals surface area contributed by atoms with Crippen molar-refractivity contribution in [2.24, 2.45) is 5.41 Å². The predicted octanol–water partition coefficient (Wildman–Crippen LogP) is 0.124. The van der Waals surface area contributed by atoms with Gasteiger partial charge in [0.15, 0.2) is 7.98 Å². The SMILES string of the molecule is BN1CCC2(C=CNCC2)CC1. The molecule has 0 aromatic rings. The summed E-state index contributed by atoms with van der Waals surface area (Å²) in [5.74, 6) is 0. The Morgan fingerprint density at radius 2 is 2.00 bits per heavy atom. The van der Waals surface area contributed by atoms with Crippen molar-refractivity contribution in [3.63, 3.8) is 0 Å². The van der Waals surface area contributed by atoms with Gasteiger partial charge in [0.2, 0.25) is 0 Å². The van der Waals surface area contributed by atoms with Gasteiger partial charge >= 0.3 is 0 Å². The van der Waals surface area contributed by atoms with Gasteiger partial charge in [-0.25, -0.2) is 0 Å². The fourth-order valence-corrected chi connectivity index (χ4v) is 2.20. The fraction of sp³-hybridized carbons (Fsp3) is 0.778. The van der Waals surface area contributed by atoms with E-state index in [1.807, 2.05) is 0 Å². The van der Waals surface area contributed by atoms with Gasteiger partial charge in [-0.05, 0) is 44.0 Å². The molecular weight excluding hydrogens is 147 g/mol. The van der Waals surface area contributed by atoms with Crippen LogP contribution in [-0.4, -0.2) is 32.4 Å². The zero-order valence-corrected chi connectivity index (χ0v) is 7.84. The van der Waals surface area contributed by atoms with Gasteiger partial charge < -0.3 is 10.1 Å². The number of hydrogen-bond donors (Lipinski definition) is 1. The average Bonchev–Trinajstić information content (AvgIpc) is 2.13. The van der Waals surface area contributed by atoms with E-state index in [0.717, 1.165) is 0 Å². The summed E-state index contributed by atoms with van der Waals surface area (Å²) in [5.41, 5.74) is 0.553. The number of nitrogens with zero attached hydrogens (tertiary/aromatic N) is 1. The first-order valence-corrected chi connectivity index (χ1v) is 4.90. The lowest BCUT2D eigenvalue weighted by Crippen LogP contribution is -2.40. The topological polar surface area (TPSA) is 15.3 Å². The maximum atomic E-state index is 3.27. The van der Waals surface area contributed by atoms with E-state index in [9.17, 15) is 0 Å². The summed E-state index contributed by atoms with van der Waals surface area (Å²) in [4.78, 5) is 2.43. The van der Waals surface area contributed by atoms with Gasteiger partial charge in [-0.2, -0.15) is 0 Å². The van der Waals surface area contributed by atoms with E-state index in [1.54, 1.807) is 0 Å². The van der Waals surface area contributed by atoms with Crippen LogP contribution < -0.4 is 5.32 Å². The van der Waals surface area contributed by atoms with Gasteiger partial charge in [-0.3, -0.25) is 0 Å². The Morgan fingerprint density at radius 1 is 1.25 bits per heavy atom. The van der Waals surface area contributed by atoms with Gasteiger partial charge in [-0.15, -0.1) is 0 Å². The maximum Gasteiger partial charge on any atom is 0.185 e. The Labute approximate surface area is 75.4 Å². The summed E-state index contributed by atoms with van der Waals surface area (Å²) in [6, 6.07) is 0.